The first-order valence-corrected chi connectivity index (χ1v) is 8.75. The number of carbonyl (C=O) groups is 1. The maximum absolute atomic E-state index is 12.3. The predicted molar refractivity (Wildman–Crippen MR) is 89.3 cm³/mol. The first-order valence-electron chi connectivity index (χ1n) is 6.10. The topological polar surface area (TPSA) is 75.3 Å². The van der Waals surface area contributed by atoms with E-state index in [1.54, 1.807) is 30.3 Å². The van der Waals surface area contributed by atoms with Crippen LogP contribution in [0.15, 0.2) is 42.5 Å². The zero-order valence-electron chi connectivity index (χ0n) is 11.4. The molecule has 0 aliphatic carbocycles. The summed E-state index contributed by atoms with van der Waals surface area (Å²) in [5, 5.41) is 3.12. The lowest BCUT2D eigenvalue weighted by Crippen LogP contribution is -2.17. The Bertz CT molecular complexity index is 823. The number of sulfonamides is 1. The number of carbonyl (C=O) groups excluding carboxylic acids is 1. The molecule has 0 aromatic heterocycles. The number of halogens is 2. The van der Waals surface area contributed by atoms with Gasteiger partial charge in [0.2, 0.25) is 10.0 Å². The Morgan fingerprint density at radius 1 is 1.00 bits per heavy atom. The summed E-state index contributed by atoms with van der Waals surface area (Å²) in [5.41, 5.74) is 0.693. The number of hydrogen-bond acceptors (Lipinski definition) is 3. The van der Waals surface area contributed by atoms with Gasteiger partial charge in [-0.15, -0.1) is 0 Å². The molecule has 0 heterocycles. The van der Waals surface area contributed by atoms with Gasteiger partial charge in [-0.1, -0.05) is 41.4 Å². The summed E-state index contributed by atoms with van der Waals surface area (Å²) < 4.78 is 25.0. The van der Waals surface area contributed by atoms with Gasteiger partial charge in [-0.25, -0.2) is 8.42 Å². The first-order chi connectivity index (χ1) is 10.3. The fraction of sp³-hybridized carbons (Fsp3) is 0.0714. The largest absolute Gasteiger partial charge is 0.321 e. The number of hydrogen-bond donors (Lipinski definition) is 2. The lowest BCUT2D eigenvalue weighted by Gasteiger charge is -2.12. The van der Waals surface area contributed by atoms with Crippen molar-refractivity contribution >= 4 is 50.5 Å². The molecule has 0 fully saturated rings. The van der Waals surface area contributed by atoms with Gasteiger partial charge in [0.05, 0.1) is 33.2 Å². The van der Waals surface area contributed by atoms with Gasteiger partial charge >= 0.3 is 0 Å². The van der Waals surface area contributed by atoms with Crippen LogP contribution in [0.5, 0.6) is 0 Å². The van der Waals surface area contributed by atoms with Crippen LogP contribution in [-0.2, 0) is 10.0 Å². The highest BCUT2D eigenvalue weighted by Gasteiger charge is 2.15. The molecule has 22 heavy (non-hydrogen) atoms. The second-order valence-corrected chi connectivity index (χ2v) is 7.01. The molecule has 0 unspecified atom stereocenters. The Hall–Kier alpha value is -1.76. The van der Waals surface area contributed by atoms with Crippen LogP contribution in [0.1, 0.15) is 10.4 Å². The van der Waals surface area contributed by atoms with E-state index in [4.69, 9.17) is 23.2 Å². The molecule has 0 radical (unpaired) electrons. The number of nitrogens with one attached hydrogen (secondary N) is 2. The third-order valence-electron chi connectivity index (χ3n) is 2.67. The van der Waals surface area contributed by atoms with Gasteiger partial charge in [0.15, 0.2) is 0 Å². The fourth-order valence-corrected chi connectivity index (χ4v) is 2.69. The summed E-state index contributed by atoms with van der Waals surface area (Å²) in [6.07, 6.45) is 1.01. The molecule has 0 atom stereocenters. The molecule has 1 amide bonds. The van der Waals surface area contributed by atoms with Gasteiger partial charge in [0, 0.05) is 0 Å². The molecular weight excluding hydrogens is 347 g/mol. The van der Waals surface area contributed by atoms with E-state index in [2.05, 4.69) is 10.0 Å². The lowest BCUT2D eigenvalue weighted by atomic mass is 10.1. The number of anilines is 2. The third kappa shape index (κ3) is 4.13. The average Bonchev–Trinajstić information content (AvgIpc) is 2.42. The highest BCUT2D eigenvalue weighted by atomic mass is 35.5. The Morgan fingerprint density at radius 3 is 2.32 bits per heavy atom. The van der Waals surface area contributed by atoms with E-state index in [0.717, 1.165) is 6.26 Å². The van der Waals surface area contributed by atoms with Crippen LogP contribution in [0.25, 0.3) is 0 Å². The van der Waals surface area contributed by atoms with Crippen molar-refractivity contribution in [1.82, 2.24) is 0 Å². The summed E-state index contributed by atoms with van der Waals surface area (Å²) in [5.74, 6) is -0.504. The summed E-state index contributed by atoms with van der Waals surface area (Å²) >= 11 is 11.9. The summed E-state index contributed by atoms with van der Waals surface area (Å²) in [7, 11) is -3.50. The molecule has 0 aliphatic rings. The minimum absolute atomic E-state index is 0.170. The third-order valence-corrected chi connectivity index (χ3v) is 4.08. The Labute approximate surface area is 138 Å². The minimum Gasteiger partial charge on any atom is -0.321 e. The Morgan fingerprint density at radius 2 is 1.64 bits per heavy atom. The van der Waals surface area contributed by atoms with Crippen molar-refractivity contribution in [3.8, 4) is 0 Å². The van der Waals surface area contributed by atoms with Crippen molar-refractivity contribution in [2.24, 2.45) is 0 Å². The van der Waals surface area contributed by atoms with Crippen LogP contribution >= 0.6 is 23.2 Å². The van der Waals surface area contributed by atoms with Gasteiger partial charge in [0.25, 0.3) is 5.91 Å². The maximum Gasteiger partial charge on any atom is 0.257 e. The zero-order valence-corrected chi connectivity index (χ0v) is 13.8. The fourth-order valence-electron chi connectivity index (χ4n) is 1.76. The second kappa shape index (κ2) is 6.56. The average molecular weight is 359 g/mol. The standard InChI is InChI=1S/C14H12Cl2N2O3S/c1-22(20,21)18-11-7-3-2-5-9(11)14(19)17-12-8-4-6-10(15)13(12)16/h2-8,18H,1H3,(H,17,19). The van der Waals surface area contributed by atoms with Gasteiger partial charge in [0.1, 0.15) is 0 Å². The molecular formula is C14H12Cl2N2O3S. The number of amides is 1. The molecule has 0 saturated heterocycles. The molecule has 0 spiro atoms. The molecule has 5 nitrogen and oxygen atoms in total. The van der Waals surface area contributed by atoms with Crippen LogP contribution in [0.3, 0.4) is 0 Å². The second-order valence-electron chi connectivity index (χ2n) is 4.48. The van der Waals surface area contributed by atoms with Crippen molar-refractivity contribution in [2.45, 2.75) is 0 Å². The van der Waals surface area contributed by atoms with Gasteiger partial charge in [-0.3, -0.25) is 9.52 Å². The summed E-state index contributed by atoms with van der Waals surface area (Å²) in [4.78, 5) is 12.3. The predicted octanol–water partition coefficient (Wildman–Crippen LogP) is 3.62. The highest BCUT2D eigenvalue weighted by Crippen LogP contribution is 2.30. The van der Waals surface area contributed by atoms with E-state index in [9.17, 15) is 13.2 Å². The van der Waals surface area contributed by atoms with E-state index < -0.39 is 15.9 Å². The van der Waals surface area contributed by atoms with Crippen LogP contribution < -0.4 is 10.0 Å². The monoisotopic (exact) mass is 358 g/mol. The summed E-state index contributed by atoms with van der Waals surface area (Å²) in [6, 6.07) is 11.1. The molecule has 8 heteroatoms. The van der Waals surface area contributed by atoms with E-state index in [1.807, 2.05) is 0 Å². The van der Waals surface area contributed by atoms with E-state index in [0.29, 0.717) is 10.7 Å². The van der Waals surface area contributed by atoms with Gasteiger partial charge < -0.3 is 5.32 Å². The zero-order chi connectivity index (χ0) is 16.3. The molecule has 2 aromatic rings. The Kier molecular flexibility index (Phi) is 4.95. The summed E-state index contributed by atoms with van der Waals surface area (Å²) in [6.45, 7) is 0. The highest BCUT2D eigenvalue weighted by molar-refractivity contribution is 7.92. The molecule has 116 valence electrons. The Balaban J connectivity index is 2.32. The van der Waals surface area contributed by atoms with Crippen molar-refractivity contribution in [2.75, 3.05) is 16.3 Å². The van der Waals surface area contributed by atoms with Crippen molar-refractivity contribution < 1.29 is 13.2 Å². The first kappa shape index (κ1) is 16.6. The van der Waals surface area contributed by atoms with Gasteiger partial charge in [-0.2, -0.15) is 0 Å². The van der Waals surface area contributed by atoms with Crippen molar-refractivity contribution in [1.29, 1.82) is 0 Å². The SMILES string of the molecule is CS(=O)(=O)Nc1ccccc1C(=O)Nc1cccc(Cl)c1Cl. The molecule has 0 saturated carbocycles. The smallest absolute Gasteiger partial charge is 0.257 e. The molecule has 2 N–H and O–H groups in total. The maximum atomic E-state index is 12.3. The number of para-hydroxylation sites is 1. The number of benzene rings is 2. The van der Waals surface area contributed by atoms with Crippen LogP contribution in [0.2, 0.25) is 10.0 Å². The van der Waals surface area contributed by atoms with Crippen LogP contribution in [0, 0.1) is 0 Å². The van der Waals surface area contributed by atoms with E-state index in [-0.39, 0.29) is 16.3 Å². The molecule has 2 aromatic carbocycles. The minimum atomic E-state index is -3.50. The van der Waals surface area contributed by atoms with Crippen molar-refractivity contribution in [3.05, 3.63) is 58.1 Å². The van der Waals surface area contributed by atoms with E-state index >= 15 is 0 Å². The van der Waals surface area contributed by atoms with Gasteiger partial charge in [-0.05, 0) is 24.3 Å². The quantitative estimate of drug-likeness (QED) is 0.876. The number of rotatable bonds is 4. The molecule has 0 aliphatic heterocycles. The normalized spacial score (nSPS) is 11.0. The van der Waals surface area contributed by atoms with Crippen LogP contribution in [-0.4, -0.2) is 20.6 Å². The van der Waals surface area contributed by atoms with Crippen LogP contribution in [0.4, 0.5) is 11.4 Å². The lowest BCUT2D eigenvalue weighted by molar-refractivity contribution is 0.102. The van der Waals surface area contributed by atoms with E-state index in [1.165, 1.54) is 12.1 Å². The molecule has 0 bridgehead atoms. The van der Waals surface area contributed by atoms with Crippen molar-refractivity contribution in [3.63, 3.8) is 0 Å². The molecule has 2 rings (SSSR count).